The Hall–Kier alpha value is -2.71. The number of amides is 2. The van der Waals surface area contributed by atoms with Gasteiger partial charge in [-0.05, 0) is 74.1 Å². The second-order valence-corrected chi connectivity index (χ2v) is 12.1. The average molecular weight is 484 g/mol. The van der Waals surface area contributed by atoms with Crippen molar-refractivity contribution in [2.24, 2.45) is 5.92 Å². The molecule has 1 saturated heterocycles. The van der Waals surface area contributed by atoms with E-state index < -0.39 is 21.4 Å². The topological polar surface area (TPSA) is 86.8 Å². The summed E-state index contributed by atoms with van der Waals surface area (Å²) in [4.78, 5) is 27.2. The van der Waals surface area contributed by atoms with Gasteiger partial charge in [0.05, 0.1) is 16.2 Å². The van der Waals surface area contributed by atoms with E-state index in [0.29, 0.717) is 36.6 Å². The van der Waals surface area contributed by atoms with Gasteiger partial charge in [-0.3, -0.25) is 9.59 Å². The van der Waals surface area contributed by atoms with Gasteiger partial charge < -0.3 is 10.2 Å². The van der Waals surface area contributed by atoms with Crippen LogP contribution in [0.4, 0.5) is 11.4 Å². The Morgan fingerprint density at radius 1 is 1.12 bits per heavy atom. The predicted octanol–water partition coefficient (Wildman–Crippen LogP) is 4.10. The van der Waals surface area contributed by atoms with Crippen LogP contribution in [0.2, 0.25) is 0 Å². The van der Waals surface area contributed by atoms with Crippen LogP contribution in [0.25, 0.3) is 0 Å². The molecule has 0 saturated carbocycles. The summed E-state index contributed by atoms with van der Waals surface area (Å²) in [6, 6.07) is 12.6. The van der Waals surface area contributed by atoms with E-state index in [9.17, 15) is 18.0 Å². The number of benzene rings is 2. The first-order valence-electron chi connectivity index (χ1n) is 11.8. The average Bonchev–Trinajstić information content (AvgIpc) is 2.99. The number of sulfonamides is 1. The SMILES string of the molecule is CC(C)c1ccc(NC(=O)[C@@H]2CCCN(S(=O)(=O)c3ccc4c(c3)C(C)(C)C(=O)N4C)C2)cc1. The van der Waals surface area contributed by atoms with Crippen LogP contribution in [-0.4, -0.2) is 44.7 Å². The molecule has 2 amide bonds. The number of carbonyl (C=O) groups is 2. The maximum Gasteiger partial charge on any atom is 0.243 e. The number of nitrogens with zero attached hydrogens (tertiary/aromatic N) is 2. The highest BCUT2D eigenvalue weighted by molar-refractivity contribution is 7.89. The maximum absolute atomic E-state index is 13.5. The van der Waals surface area contributed by atoms with Gasteiger partial charge in [-0.1, -0.05) is 26.0 Å². The lowest BCUT2D eigenvalue weighted by atomic mass is 9.86. The zero-order valence-corrected chi connectivity index (χ0v) is 21.3. The van der Waals surface area contributed by atoms with Crippen LogP contribution in [0.5, 0.6) is 0 Å². The molecule has 1 atom stereocenters. The van der Waals surface area contributed by atoms with Gasteiger partial charge in [0, 0.05) is 31.5 Å². The summed E-state index contributed by atoms with van der Waals surface area (Å²) >= 11 is 0. The predicted molar refractivity (Wildman–Crippen MR) is 134 cm³/mol. The highest BCUT2D eigenvalue weighted by atomic mass is 32.2. The van der Waals surface area contributed by atoms with Crippen LogP contribution >= 0.6 is 0 Å². The maximum atomic E-state index is 13.5. The molecule has 0 unspecified atom stereocenters. The molecule has 0 spiro atoms. The molecular formula is C26H33N3O4S. The van der Waals surface area contributed by atoms with Crippen LogP contribution < -0.4 is 10.2 Å². The molecule has 0 aliphatic carbocycles. The molecule has 2 aliphatic heterocycles. The number of likely N-dealkylation sites (N-methyl/N-ethyl adjacent to an activating group) is 1. The van der Waals surface area contributed by atoms with E-state index in [0.717, 1.165) is 5.69 Å². The van der Waals surface area contributed by atoms with E-state index in [1.807, 2.05) is 38.1 Å². The lowest BCUT2D eigenvalue weighted by Crippen LogP contribution is -2.43. The molecule has 4 rings (SSSR count). The molecule has 182 valence electrons. The Balaban J connectivity index is 1.51. The molecule has 1 fully saturated rings. The van der Waals surface area contributed by atoms with Crippen molar-refractivity contribution in [2.45, 2.75) is 56.8 Å². The van der Waals surface area contributed by atoms with Crippen molar-refractivity contribution in [2.75, 3.05) is 30.4 Å². The van der Waals surface area contributed by atoms with Crippen molar-refractivity contribution in [1.82, 2.24) is 4.31 Å². The van der Waals surface area contributed by atoms with Crippen molar-refractivity contribution < 1.29 is 18.0 Å². The molecule has 1 N–H and O–H groups in total. The fraction of sp³-hybridized carbons (Fsp3) is 0.462. The number of piperidine rings is 1. The Kier molecular flexibility index (Phi) is 6.33. The fourth-order valence-electron chi connectivity index (χ4n) is 4.83. The third-order valence-electron chi connectivity index (χ3n) is 7.08. The van der Waals surface area contributed by atoms with Gasteiger partial charge in [-0.15, -0.1) is 0 Å². The van der Waals surface area contributed by atoms with E-state index in [1.54, 1.807) is 30.1 Å². The first-order valence-corrected chi connectivity index (χ1v) is 13.2. The van der Waals surface area contributed by atoms with Crippen LogP contribution in [0, 0.1) is 5.92 Å². The smallest absolute Gasteiger partial charge is 0.243 e. The lowest BCUT2D eigenvalue weighted by molar-refractivity contribution is -0.122. The van der Waals surface area contributed by atoms with E-state index in [4.69, 9.17) is 0 Å². The summed E-state index contributed by atoms with van der Waals surface area (Å²) in [5.41, 5.74) is 2.55. The third-order valence-corrected chi connectivity index (χ3v) is 8.94. The van der Waals surface area contributed by atoms with E-state index in [1.165, 1.54) is 9.87 Å². The summed E-state index contributed by atoms with van der Waals surface area (Å²) in [7, 11) is -2.10. The number of anilines is 2. The molecule has 2 aromatic carbocycles. The molecule has 2 aliphatic rings. The third kappa shape index (κ3) is 4.25. The highest BCUT2D eigenvalue weighted by Gasteiger charge is 2.43. The molecule has 2 heterocycles. The second-order valence-electron chi connectivity index (χ2n) is 10.1. The van der Waals surface area contributed by atoms with Crippen LogP contribution in [0.3, 0.4) is 0 Å². The van der Waals surface area contributed by atoms with Crippen LogP contribution in [0.15, 0.2) is 47.4 Å². The first-order chi connectivity index (χ1) is 15.9. The number of rotatable bonds is 5. The van der Waals surface area contributed by atoms with E-state index in [-0.39, 0.29) is 23.3 Å². The van der Waals surface area contributed by atoms with Gasteiger partial charge in [0.25, 0.3) is 0 Å². The van der Waals surface area contributed by atoms with Crippen molar-refractivity contribution in [3.8, 4) is 0 Å². The van der Waals surface area contributed by atoms with Gasteiger partial charge in [0.15, 0.2) is 0 Å². The number of fused-ring (bicyclic) bond motifs is 1. The quantitative estimate of drug-likeness (QED) is 0.694. The van der Waals surface area contributed by atoms with Crippen molar-refractivity contribution >= 4 is 33.2 Å². The number of hydrogen-bond acceptors (Lipinski definition) is 4. The molecule has 0 aromatic heterocycles. The summed E-state index contributed by atoms with van der Waals surface area (Å²) in [5.74, 6) is -0.246. The van der Waals surface area contributed by atoms with Crippen molar-refractivity contribution in [3.05, 3.63) is 53.6 Å². The number of hydrogen-bond donors (Lipinski definition) is 1. The van der Waals surface area contributed by atoms with Gasteiger partial charge in [-0.2, -0.15) is 4.31 Å². The van der Waals surface area contributed by atoms with E-state index >= 15 is 0 Å². The summed E-state index contributed by atoms with van der Waals surface area (Å²) < 4.78 is 28.4. The monoisotopic (exact) mass is 483 g/mol. The first kappa shape index (κ1) is 24.4. The minimum atomic E-state index is -3.80. The minimum Gasteiger partial charge on any atom is -0.326 e. The standard InChI is InChI=1S/C26H33N3O4S/c1-17(2)18-8-10-20(11-9-18)27-24(30)19-7-6-14-29(16-19)34(32,33)21-12-13-23-22(15-21)26(3,4)25(31)28(23)5/h8-13,15,17,19H,6-7,14,16H2,1-5H3,(H,27,30)/t19-/m1/s1. The molecule has 0 radical (unpaired) electrons. The molecule has 7 nitrogen and oxygen atoms in total. The number of carbonyl (C=O) groups excluding carboxylic acids is 2. The zero-order chi connectivity index (χ0) is 24.8. The van der Waals surface area contributed by atoms with E-state index in [2.05, 4.69) is 19.2 Å². The Labute approximate surface area is 202 Å². The summed E-state index contributed by atoms with van der Waals surface area (Å²) in [5, 5.41) is 2.94. The molecule has 34 heavy (non-hydrogen) atoms. The van der Waals surface area contributed by atoms with Gasteiger partial charge in [-0.25, -0.2) is 8.42 Å². The normalized spacial score (nSPS) is 20.5. The fourth-order valence-corrected chi connectivity index (χ4v) is 6.38. The van der Waals surface area contributed by atoms with Crippen molar-refractivity contribution in [1.29, 1.82) is 0 Å². The second kappa shape index (κ2) is 8.82. The summed E-state index contributed by atoms with van der Waals surface area (Å²) in [6.07, 6.45) is 1.25. The van der Waals surface area contributed by atoms with Crippen LogP contribution in [0.1, 0.15) is 57.6 Å². The van der Waals surface area contributed by atoms with Gasteiger partial charge in [0.2, 0.25) is 21.8 Å². The Morgan fingerprint density at radius 3 is 2.44 bits per heavy atom. The van der Waals surface area contributed by atoms with Gasteiger partial charge in [0.1, 0.15) is 0 Å². The minimum absolute atomic E-state index is 0.0619. The highest BCUT2D eigenvalue weighted by Crippen LogP contribution is 2.42. The Morgan fingerprint density at radius 2 is 1.79 bits per heavy atom. The zero-order valence-electron chi connectivity index (χ0n) is 20.5. The molecule has 8 heteroatoms. The van der Waals surface area contributed by atoms with Crippen LogP contribution in [-0.2, 0) is 25.0 Å². The molecule has 2 aromatic rings. The molecule has 0 bridgehead atoms. The summed E-state index contributed by atoms with van der Waals surface area (Å²) in [6.45, 7) is 8.35. The molecular weight excluding hydrogens is 450 g/mol. The lowest BCUT2D eigenvalue weighted by Gasteiger charge is -2.31. The number of nitrogens with one attached hydrogen (secondary N) is 1. The van der Waals surface area contributed by atoms with Gasteiger partial charge >= 0.3 is 0 Å². The Bertz CT molecular complexity index is 1220. The largest absolute Gasteiger partial charge is 0.326 e. The van der Waals surface area contributed by atoms with Crippen molar-refractivity contribution in [3.63, 3.8) is 0 Å².